The summed E-state index contributed by atoms with van der Waals surface area (Å²) in [6.45, 7) is 6.10. The molecule has 0 aromatic heterocycles. The summed E-state index contributed by atoms with van der Waals surface area (Å²) >= 11 is 0. The number of ether oxygens (including phenoxy) is 1. The standard InChI is InChI=1S/C16H27NO2/c1-3-12-17-16(4-2,14-18)11-8-13-19-15-9-6-5-7-10-15/h5-7,9-10,17-18H,3-4,8,11-14H2,1-2H3. The minimum absolute atomic E-state index is 0.143. The van der Waals surface area contributed by atoms with Crippen LogP contribution in [0.1, 0.15) is 39.5 Å². The number of aliphatic hydroxyl groups excluding tert-OH is 1. The Morgan fingerprint density at radius 2 is 1.95 bits per heavy atom. The number of hydrogen-bond donors (Lipinski definition) is 2. The van der Waals surface area contributed by atoms with E-state index in [-0.39, 0.29) is 12.1 Å². The van der Waals surface area contributed by atoms with Crippen molar-refractivity contribution in [2.24, 2.45) is 0 Å². The van der Waals surface area contributed by atoms with Gasteiger partial charge in [0.15, 0.2) is 0 Å². The first-order valence-electron chi connectivity index (χ1n) is 7.30. The summed E-state index contributed by atoms with van der Waals surface area (Å²) in [7, 11) is 0. The lowest BCUT2D eigenvalue weighted by molar-refractivity contribution is 0.138. The fourth-order valence-corrected chi connectivity index (χ4v) is 2.14. The second-order valence-electron chi connectivity index (χ2n) is 4.98. The SMILES string of the molecule is CCCNC(CC)(CO)CCCOc1ccccc1. The van der Waals surface area contributed by atoms with Crippen LogP contribution in [0.5, 0.6) is 5.75 Å². The zero-order valence-corrected chi connectivity index (χ0v) is 12.2. The van der Waals surface area contributed by atoms with Crippen molar-refractivity contribution < 1.29 is 9.84 Å². The number of rotatable bonds is 10. The second kappa shape index (κ2) is 8.94. The molecule has 19 heavy (non-hydrogen) atoms. The van der Waals surface area contributed by atoms with Gasteiger partial charge in [0.25, 0.3) is 0 Å². The predicted molar refractivity (Wildman–Crippen MR) is 79.6 cm³/mol. The summed E-state index contributed by atoms with van der Waals surface area (Å²) in [4.78, 5) is 0. The normalized spacial score (nSPS) is 14.1. The van der Waals surface area contributed by atoms with Crippen LogP contribution >= 0.6 is 0 Å². The minimum Gasteiger partial charge on any atom is -0.494 e. The molecule has 0 fully saturated rings. The molecular formula is C16H27NO2. The van der Waals surface area contributed by atoms with Crippen LogP contribution in [-0.2, 0) is 0 Å². The van der Waals surface area contributed by atoms with Crippen molar-refractivity contribution in [3.8, 4) is 5.75 Å². The van der Waals surface area contributed by atoms with Crippen LogP contribution in [0, 0.1) is 0 Å². The van der Waals surface area contributed by atoms with E-state index < -0.39 is 0 Å². The molecule has 0 saturated carbocycles. The highest BCUT2D eigenvalue weighted by Gasteiger charge is 2.25. The molecule has 0 radical (unpaired) electrons. The van der Waals surface area contributed by atoms with Gasteiger partial charge in [-0.1, -0.05) is 32.0 Å². The minimum atomic E-state index is -0.143. The monoisotopic (exact) mass is 265 g/mol. The molecule has 3 heteroatoms. The third-order valence-corrected chi connectivity index (χ3v) is 3.54. The van der Waals surface area contributed by atoms with E-state index in [1.54, 1.807) is 0 Å². The van der Waals surface area contributed by atoms with Crippen LogP contribution in [0.4, 0.5) is 0 Å². The summed E-state index contributed by atoms with van der Waals surface area (Å²) in [6.07, 6.45) is 3.91. The van der Waals surface area contributed by atoms with Crippen molar-refractivity contribution in [2.75, 3.05) is 19.8 Å². The highest BCUT2D eigenvalue weighted by molar-refractivity contribution is 5.20. The molecule has 0 heterocycles. The van der Waals surface area contributed by atoms with Crippen LogP contribution in [0.2, 0.25) is 0 Å². The first-order valence-corrected chi connectivity index (χ1v) is 7.30. The Balaban J connectivity index is 2.32. The Kier molecular flexibility index (Phi) is 7.53. The zero-order valence-electron chi connectivity index (χ0n) is 12.2. The molecule has 1 rings (SSSR count). The van der Waals surface area contributed by atoms with E-state index in [9.17, 15) is 5.11 Å². The predicted octanol–water partition coefficient (Wildman–Crippen LogP) is 2.99. The van der Waals surface area contributed by atoms with Gasteiger partial charge in [0.1, 0.15) is 5.75 Å². The molecule has 1 aromatic carbocycles. The highest BCUT2D eigenvalue weighted by Crippen LogP contribution is 2.18. The number of benzene rings is 1. The van der Waals surface area contributed by atoms with Crippen molar-refractivity contribution in [1.82, 2.24) is 5.32 Å². The van der Waals surface area contributed by atoms with Gasteiger partial charge < -0.3 is 15.2 Å². The molecule has 0 aliphatic heterocycles. The molecule has 1 atom stereocenters. The number of aliphatic hydroxyl groups is 1. The lowest BCUT2D eigenvalue weighted by atomic mass is 9.91. The highest BCUT2D eigenvalue weighted by atomic mass is 16.5. The van der Waals surface area contributed by atoms with Crippen LogP contribution in [-0.4, -0.2) is 30.4 Å². The third kappa shape index (κ3) is 5.62. The van der Waals surface area contributed by atoms with Crippen molar-refractivity contribution in [1.29, 1.82) is 0 Å². The van der Waals surface area contributed by atoms with E-state index in [0.29, 0.717) is 6.61 Å². The molecule has 0 amide bonds. The number of para-hydroxylation sites is 1. The van der Waals surface area contributed by atoms with Crippen LogP contribution in [0.25, 0.3) is 0 Å². The molecule has 0 saturated heterocycles. The zero-order chi connectivity index (χ0) is 14.0. The number of hydrogen-bond acceptors (Lipinski definition) is 3. The van der Waals surface area contributed by atoms with Gasteiger partial charge in [-0.3, -0.25) is 0 Å². The smallest absolute Gasteiger partial charge is 0.119 e. The lowest BCUT2D eigenvalue weighted by Crippen LogP contribution is -2.48. The quantitative estimate of drug-likeness (QED) is 0.639. The molecule has 108 valence electrons. The van der Waals surface area contributed by atoms with Gasteiger partial charge in [-0.05, 0) is 44.4 Å². The van der Waals surface area contributed by atoms with E-state index in [0.717, 1.165) is 38.0 Å². The molecule has 0 bridgehead atoms. The Morgan fingerprint density at radius 1 is 1.21 bits per heavy atom. The summed E-state index contributed by atoms with van der Waals surface area (Å²) in [5, 5.41) is 13.1. The van der Waals surface area contributed by atoms with Crippen LogP contribution in [0.15, 0.2) is 30.3 Å². The second-order valence-corrected chi connectivity index (χ2v) is 4.98. The first kappa shape index (κ1) is 16.0. The molecular weight excluding hydrogens is 238 g/mol. The summed E-state index contributed by atoms with van der Waals surface area (Å²) in [5.74, 6) is 0.912. The first-order chi connectivity index (χ1) is 9.26. The fraction of sp³-hybridized carbons (Fsp3) is 0.625. The van der Waals surface area contributed by atoms with Gasteiger partial charge in [0, 0.05) is 5.54 Å². The topological polar surface area (TPSA) is 41.5 Å². The third-order valence-electron chi connectivity index (χ3n) is 3.54. The molecule has 1 unspecified atom stereocenters. The maximum Gasteiger partial charge on any atom is 0.119 e. The van der Waals surface area contributed by atoms with E-state index in [1.807, 2.05) is 30.3 Å². The summed E-state index contributed by atoms with van der Waals surface area (Å²) in [5.41, 5.74) is -0.143. The van der Waals surface area contributed by atoms with Gasteiger partial charge >= 0.3 is 0 Å². The lowest BCUT2D eigenvalue weighted by Gasteiger charge is -2.32. The van der Waals surface area contributed by atoms with Gasteiger partial charge in [-0.15, -0.1) is 0 Å². The van der Waals surface area contributed by atoms with Crippen molar-refractivity contribution >= 4 is 0 Å². The molecule has 3 nitrogen and oxygen atoms in total. The molecule has 1 aromatic rings. The van der Waals surface area contributed by atoms with E-state index in [2.05, 4.69) is 19.2 Å². The van der Waals surface area contributed by atoms with E-state index in [1.165, 1.54) is 0 Å². The van der Waals surface area contributed by atoms with Crippen molar-refractivity contribution in [3.63, 3.8) is 0 Å². The molecule has 0 spiro atoms. The maximum atomic E-state index is 9.62. The molecule has 0 aliphatic rings. The Hall–Kier alpha value is -1.06. The Bertz CT molecular complexity index is 323. The Morgan fingerprint density at radius 3 is 2.53 bits per heavy atom. The van der Waals surface area contributed by atoms with Gasteiger partial charge in [-0.2, -0.15) is 0 Å². The largest absolute Gasteiger partial charge is 0.494 e. The molecule has 0 aliphatic carbocycles. The van der Waals surface area contributed by atoms with E-state index >= 15 is 0 Å². The summed E-state index contributed by atoms with van der Waals surface area (Å²) < 4.78 is 5.69. The fourth-order valence-electron chi connectivity index (χ4n) is 2.14. The summed E-state index contributed by atoms with van der Waals surface area (Å²) in [6, 6.07) is 9.86. The van der Waals surface area contributed by atoms with E-state index in [4.69, 9.17) is 4.74 Å². The average Bonchev–Trinajstić information content (AvgIpc) is 2.48. The van der Waals surface area contributed by atoms with Gasteiger partial charge in [0.05, 0.1) is 13.2 Å². The van der Waals surface area contributed by atoms with Gasteiger partial charge in [-0.25, -0.2) is 0 Å². The number of nitrogens with one attached hydrogen (secondary N) is 1. The van der Waals surface area contributed by atoms with Crippen LogP contribution < -0.4 is 10.1 Å². The van der Waals surface area contributed by atoms with Crippen molar-refractivity contribution in [3.05, 3.63) is 30.3 Å². The van der Waals surface area contributed by atoms with Crippen LogP contribution in [0.3, 0.4) is 0 Å². The average molecular weight is 265 g/mol. The Labute approximate surface area is 117 Å². The maximum absolute atomic E-state index is 9.62. The van der Waals surface area contributed by atoms with Crippen molar-refractivity contribution in [2.45, 2.75) is 45.1 Å². The van der Waals surface area contributed by atoms with Gasteiger partial charge in [0.2, 0.25) is 0 Å². The molecule has 2 N–H and O–H groups in total.